The third-order valence-corrected chi connectivity index (χ3v) is 25.5. The third-order valence-electron chi connectivity index (χ3n) is 25.5. The number of carbonyl (C=O) groups is 12. The molecule has 3 heterocycles. The van der Waals surface area contributed by atoms with E-state index in [1.54, 1.807) is 13.8 Å². The van der Waals surface area contributed by atoms with Crippen molar-refractivity contribution in [1.82, 2.24) is 60.0 Å². The third kappa shape index (κ3) is 20.8. The number of ether oxygens (including phenoxy) is 1. The molecule has 13 atom stereocenters. The first-order valence-electron chi connectivity index (χ1n) is 40.6. The Labute approximate surface area is 639 Å². The van der Waals surface area contributed by atoms with Crippen LogP contribution in [0, 0.1) is 46.8 Å². The number of likely N-dealkylation sites (N-methyl/N-ethyl adjacent to an activating group) is 6. The molecule has 28 heteroatoms. The van der Waals surface area contributed by atoms with Gasteiger partial charge in [0.2, 0.25) is 70.9 Å². The summed E-state index contributed by atoms with van der Waals surface area (Å²) in [6.07, 6.45) is 7.77. The predicted octanol–water partition coefficient (Wildman–Crippen LogP) is 7.47. The van der Waals surface area contributed by atoms with Crippen molar-refractivity contribution in [3.05, 3.63) is 12.2 Å². The highest BCUT2D eigenvalue weighted by atomic mass is 19.4. The van der Waals surface area contributed by atoms with E-state index in [-0.39, 0.29) is 115 Å². The van der Waals surface area contributed by atoms with Gasteiger partial charge in [-0.2, -0.15) is 13.2 Å². The van der Waals surface area contributed by atoms with Gasteiger partial charge in [-0.3, -0.25) is 57.5 Å². The molecule has 108 heavy (non-hydrogen) atoms. The Bertz CT molecular complexity index is 3240. The van der Waals surface area contributed by atoms with Crippen LogP contribution in [0.2, 0.25) is 0 Å². The molecule has 25 nitrogen and oxygen atoms in total. The average molecular weight is 1520 g/mol. The van der Waals surface area contributed by atoms with E-state index in [0.29, 0.717) is 50.9 Å². The first-order chi connectivity index (χ1) is 50.9. The van der Waals surface area contributed by atoms with Crippen LogP contribution < -0.4 is 16.0 Å². The van der Waals surface area contributed by atoms with Crippen molar-refractivity contribution < 1.29 is 75.4 Å². The Morgan fingerprint density at radius 3 is 1.92 bits per heavy atom. The summed E-state index contributed by atoms with van der Waals surface area (Å²) in [7, 11) is 10.3. The van der Waals surface area contributed by atoms with Crippen LogP contribution in [0.5, 0.6) is 0 Å². The molecule has 0 aromatic carbocycles. The minimum atomic E-state index is -4.40. The van der Waals surface area contributed by atoms with Crippen LogP contribution in [0.25, 0.3) is 0 Å². The molecule has 0 aromatic rings. The van der Waals surface area contributed by atoms with Gasteiger partial charge in [-0.15, -0.1) is 0 Å². The zero-order chi connectivity index (χ0) is 79.6. The fourth-order valence-corrected chi connectivity index (χ4v) is 18.9. The van der Waals surface area contributed by atoms with Gasteiger partial charge >= 0.3 is 6.18 Å². The number of fused-ring (bicyclic) bond motifs is 3. The summed E-state index contributed by atoms with van der Waals surface area (Å²) in [5.74, 6) is -10.3. The molecule has 8 rings (SSSR count). The molecule has 0 radical (unpaired) electrons. The predicted molar refractivity (Wildman–Crippen MR) is 401 cm³/mol. The summed E-state index contributed by atoms with van der Waals surface area (Å²) in [6, 6.07) is -10.3. The molecule has 8 aliphatic rings. The molecule has 1 spiro atoms. The number of nitrogens with zero attached hydrogens (tertiary/aromatic N) is 9. The van der Waals surface area contributed by atoms with E-state index in [2.05, 4.69) is 22.9 Å². The van der Waals surface area contributed by atoms with Crippen molar-refractivity contribution >= 4 is 70.9 Å². The highest BCUT2D eigenvalue weighted by Gasteiger charge is 2.60. The smallest absolute Gasteiger partial charge is 0.377 e. The highest BCUT2D eigenvalue weighted by Crippen LogP contribution is 2.50. The topological polar surface area (TPSA) is 279 Å². The largest absolute Gasteiger partial charge is 0.392 e. The molecule has 3 aliphatic heterocycles. The standard InChI is InChI=1S/C80H129F3N12O13/c1-16-25-59-69(99)85-67(50(6)17-2)75(105)94(55-35-36-55)46-66(98)90(13)60-28-21-20-24-39-93(74(60)104)63(41-52-31-29-49(5)30-32-52)73(103)88(11)45-64(96)84-58(38-34-51-33-37-57(80(81,82)83)53(18-3)40-51)71(101)95-44-56(108-19-4)42-61(95)70(100)86-79(47-78(7,8)48-79)77(107)92(15)68(54-26-22-23-27-54)76(106)91(14)62(72(102)87(9)10)43-65(97)89(59)12/h20-21,49-63,67-68H,16-19,22-48H2,1-15H3,(H,84,96)(H,85,99)(H,86,100)/b21-20-/t49?,50-,51?,52?,53?,56+,57?,58-,59-,60-,61-,62-,63-,67-,68-/m0/s1. The van der Waals surface area contributed by atoms with E-state index in [0.717, 1.165) is 38.5 Å². The number of hydrogen-bond acceptors (Lipinski definition) is 13. The molecule has 2 saturated heterocycles. The maximum atomic E-state index is 15.9. The number of amides is 12. The second-order valence-corrected chi connectivity index (χ2v) is 34.4. The summed E-state index contributed by atoms with van der Waals surface area (Å²) in [6.45, 7) is 14.2. The van der Waals surface area contributed by atoms with E-state index in [9.17, 15) is 27.6 Å². The van der Waals surface area contributed by atoms with Gasteiger partial charge in [0.15, 0.2) is 0 Å². The molecular formula is C80H129F3N12O13. The summed E-state index contributed by atoms with van der Waals surface area (Å²) in [5, 5.41) is 9.04. The first-order valence-corrected chi connectivity index (χ1v) is 40.6. The lowest BCUT2D eigenvalue weighted by molar-refractivity contribution is -0.199. The van der Waals surface area contributed by atoms with Crippen LogP contribution in [0.15, 0.2) is 12.2 Å². The number of hydrogen-bond donors (Lipinski definition) is 3. The van der Waals surface area contributed by atoms with E-state index in [1.807, 2.05) is 46.8 Å². The van der Waals surface area contributed by atoms with E-state index < -0.39 is 186 Å². The van der Waals surface area contributed by atoms with Crippen LogP contribution in [-0.4, -0.2) is 269 Å². The fourth-order valence-electron chi connectivity index (χ4n) is 18.9. The first kappa shape index (κ1) is 86.7. The molecule has 608 valence electrons. The summed E-state index contributed by atoms with van der Waals surface area (Å²) in [4.78, 5) is 196. The monoisotopic (exact) mass is 1520 g/mol. The molecule has 7 fully saturated rings. The van der Waals surface area contributed by atoms with Crippen LogP contribution in [0.1, 0.15) is 222 Å². The molecular weight excluding hydrogens is 1390 g/mol. The Balaban J connectivity index is 1.21. The molecule has 3 N–H and O–H groups in total. The molecule has 5 saturated carbocycles. The fraction of sp³-hybridized carbons (Fsp3) is 0.825. The van der Waals surface area contributed by atoms with Crippen molar-refractivity contribution in [2.75, 3.05) is 82.1 Å². The van der Waals surface area contributed by atoms with Crippen LogP contribution in [0.3, 0.4) is 0 Å². The van der Waals surface area contributed by atoms with Gasteiger partial charge in [0.05, 0.1) is 25.0 Å². The average Bonchev–Trinajstić information content (AvgIpc) is 0.968. The molecule has 0 aromatic heterocycles. The zero-order valence-electron chi connectivity index (χ0n) is 67.4. The lowest BCUT2D eigenvalue weighted by atomic mass is 9.58. The number of rotatable bonds is 15. The second kappa shape index (κ2) is 37.4. The van der Waals surface area contributed by atoms with Gasteiger partial charge in [0, 0.05) is 81.5 Å². The molecule has 3 unspecified atom stereocenters. The quantitative estimate of drug-likeness (QED) is 0.134. The maximum Gasteiger partial charge on any atom is 0.392 e. The van der Waals surface area contributed by atoms with Crippen LogP contribution in [0.4, 0.5) is 13.2 Å². The Hall–Kier alpha value is -6.87. The van der Waals surface area contributed by atoms with Gasteiger partial charge in [-0.05, 0) is 144 Å². The second-order valence-electron chi connectivity index (χ2n) is 34.4. The lowest BCUT2D eigenvalue weighted by Crippen LogP contribution is -2.71. The minimum absolute atomic E-state index is 0.00694. The number of alkyl halides is 3. The minimum Gasteiger partial charge on any atom is -0.377 e. The summed E-state index contributed by atoms with van der Waals surface area (Å²) in [5.41, 5.74) is -2.15. The maximum absolute atomic E-state index is 15.9. The van der Waals surface area contributed by atoms with E-state index >= 15 is 43.2 Å². The lowest BCUT2D eigenvalue weighted by Gasteiger charge is -2.54. The zero-order valence-corrected chi connectivity index (χ0v) is 67.4. The van der Waals surface area contributed by atoms with Crippen molar-refractivity contribution in [3.8, 4) is 0 Å². The number of carbonyl (C=O) groups excluding carboxylic acids is 12. The molecule has 5 aliphatic carbocycles. The molecule has 2 bridgehead atoms. The van der Waals surface area contributed by atoms with Gasteiger partial charge in [0.1, 0.15) is 60.4 Å². The van der Waals surface area contributed by atoms with Crippen molar-refractivity contribution in [3.63, 3.8) is 0 Å². The number of nitrogens with one attached hydrogen (secondary N) is 3. The Morgan fingerprint density at radius 2 is 1.32 bits per heavy atom. The summed E-state index contributed by atoms with van der Waals surface area (Å²) < 4.78 is 49.5. The van der Waals surface area contributed by atoms with Crippen LogP contribution >= 0.6 is 0 Å². The molecule has 12 amide bonds. The van der Waals surface area contributed by atoms with Gasteiger partial charge < -0.3 is 64.8 Å². The normalized spacial score (nSPS) is 32.3. The van der Waals surface area contributed by atoms with Crippen LogP contribution in [-0.2, 0) is 62.3 Å². The summed E-state index contributed by atoms with van der Waals surface area (Å²) >= 11 is 0. The van der Waals surface area contributed by atoms with Gasteiger partial charge in [-0.1, -0.05) is 118 Å². The van der Waals surface area contributed by atoms with Crippen molar-refractivity contribution in [1.29, 1.82) is 0 Å². The van der Waals surface area contributed by atoms with Crippen molar-refractivity contribution in [2.45, 2.75) is 295 Å². The van der Waals surface area contributed by atoms with Gasteiger partial charge in [-0.25, -0.2) is 0 Å². The Morgan fingerprint density at radius 1 is 0.667 bits per heavy atom. The van der Waals surface area contributed by atoms with Crippen molar-refractivity contribution in [2.24, 2.45) is 46.8 Å². The van der Waals surface area contributed by atoms with E-state index in [4.69, 9.17) is 4.74 Å². The highest BCUT2D eigenvalue weighted by molar-refractivity contribution is 6.01. The Kier molecular flexibility index (Phi) is 30.1. The van der Waals surface area contributed by atoms with E-state index in [1.165, 1.54) is 93.4 Å². The number of halogens is 3. The SMILES string of the molecule is CCC[C@H]1C(=O)N[C@@H]([C@@H](C)CC)C(=O)N(C2CC2)CC(=O)N(C)[C@H]2C/C=C\CCN(C2=O)[C@@H](CC2CCC(C)CC2)C(=O)N(C)CC(=O)N[C@@H](CCC2CCC(C(F)(F)F)C(CC)C2)C(=O)N2C[C@H](OCC)C[C@H]2C(=O)NC2(CC(C)(C)C2)C(=O)N(C)[C@@H](C2CCCC2)C(=O)N(C)[C@H](C(=O)N(C)C)CC(=O)N1C. The van der Waals surface area contributed by atoms with Gasteiger partial charge in [0.25, 0.3) is 0 Å².